The first kappa shape index (κ1) is 20.8. The van der Waals surface area contributed by atoms with Crippen LogP contribution in [0.1, 0.15) is 19.3 Å². The van der Waals surface area contributed by atoms with Gasteiger partial charge in [0.2, 0.25) is 0 Å². The molecule has 0 amide bonds. The Hall–Kier alpha value is -0.240. The molecule has 4 N–H and O–H groups in total. The lowest BCUT2D eigenvalue weighted by atomic mass is 10.2. The number of quaternary nitrogens is 2. The van der Waals surface area contributed by atoms with E-state index < -0.39 is 0 Å². The Bertz CT molecular complexity index is 216. The summed E-state index contributed by atoms with van der Waals surface area (Å²) in [6.45, 7) is 5.27. The summed E-state index contributed by atoms with van der Waals surface area (Å²) in [6.07, 6.45) is 3.22. The molecule has 0 aromatic heterocycles. The van der Waals surface area contributed by atoms with Crippen molar-refractivity contribution in [1.29, 1.82) is 0 Å². The van der Waals surface area contributed by atoms with Crippen LogP contribution in [0.2, 0.25) is 0 Å². The molecule has 0 radical (unpaired) electrons. The van der Waals surface area contributed by atoms with Crippen molar-refractivity contribution in [2.45, 2.75) is 19.3 Å². The average molecular weight is 308 g/mol. The van der Waals surface area contributed by atoms with Crippen molar-refractivity contribution in [3.8, 4) is 0 Å². The van der Waals surface area contributed by atoms with Crippen LogP contribution in [0.5, 0.6) is 0 Å². The van der Waals surface area contributed by atoms with Crippen LogP contribution in [-0.2, 0) is 0 Å². The maximum absolute atomic E-state index is 9.11. The largest absolute Gasteiger partial charge is 0.391 e. The zero-order chi connectivity index (χ0) is 16.2. The molecule has 0 saturated heterocycles. The normalized spacial score (nSPS) is 12.9. The Balaban J connectivity index is 4.01. The van der Waals surface area contributed by atoms with Crippen LogP contribution in [0.4, 0.5) is 0 Å². The third kappa shape index (κ3) is 9.39. The van der Waals surface area contributed by atoms with Gasteiger partial charge in [-0.15, -0.1) is 0 Å². The monoisotopic (exact) mass is 308 g/mol. The number of hydrogen-bond acceptors (Lipinski definition) is 4. The molecule has 0 aliphatic carbocycles. The van der Waals surface area contributed by atoms with Crippen molar-refractivity contribution in [2.75, 3.05) is 79.8 Å². The highest BCUT2D eigenvalue weighted by molar-refractivity contribution is 4.47. The summed E-state index contributed by atoms with van der Waals surface area (Å²) < 4.78 is 1.43. The van der Waals surface area contributed by atoms with Crippen molar-refractivity contribution in [3.05, 3.63) is 0 Å². The van der Waals surface area contributed by atoms with Crippen LogP contribution in [-0.4, -0.2) is 109 Å². The van der Waals surface area contributed by atoms with Gasteiger partial charge in [-0.05, 0) is 19.3 Å². The molecule has 0 aliphatic rings. The van der Waals surface area contributed by atoms with E-state index in [1.807, 2.05) is 0 Å². The molecule has 0 bridgehead atoms. The maximum atomic E-state index is 9.11. The molecule has 0 unspecified atom stereocenters. The molecule has 0 saturated carbocycles. The molecule has 0 aliphatic heterocycles. The summed E-state index contributed by atoms with van der Waals surface area (Å²) in [4.78, 5) is 0. The maximum Gasteiger partial charge on any atom is 0.102 e. The van der Waals surface area contributed by atoms with Crippen LogP contribution in [0.3, 0.4) is 0 Å². The predicted molar refractivity (Wildman–Crippen MR) is 83.8 cm³/mol. The Morgan fingerprint density at radius 1 is 0.476 bits per heavy atom. The molecule has 0 spiro atoms. The minimum atomic E-state index is 0.151. The zero-order valence-electron chi connectivity index (χ0n) is 13.9. The van der Waals surface area contributed by atoms with Gasteiger partial charge in [-0.25, -0.2) is 0 Å². The van der Waals surface area contributed by atoms with Gasteiger partial charge in [-0.1, -0.05) is 0 Å². The number of likely N-dealkylation sites (N-methyl/N-ethyl adjacent to an activating group) is 2. The second-order valence-electron chi connectivity index (χ2n) is 6.54. The summed E-state index contributed by atoms with van der Waals surface area (Å²) >= 11 is 0. The summed E-state index contributed by atoms with van der Waals surface area (Å²) in [7, 11) is 4.15. The quantitative estimate of drug-likeness (QED) is 0.246. The van der Waals surface area contributed by atoms with E-state index in [9.17, 15) is 0 Å². The number of hydrogen-bond donors (Lipinski definition) is 4. The van der Waals surface area contributed by atoms with Crippen LogP contribution in [0.15, 0.2) is 0 Å². The van der Waals surface area contributed by atoms with Gasteiger partial charge in [0.05, 0.1) is 53.6 Å². The molecule has 0 aromatic rings. The number of aliphatic hydroxyl groups excluding tert-OH is 4. The van der Waals surface area contributed by atoms with Gasteiger partial charge in [0.25, 0.3) is 0 Å². The molecule has 6 nitrogen and oxygen atoms in total. The lowest BCUT2D eigenvalue weighted by Crippen LogP contribution is -2.49. The average Bonchev–Trinajstić information content (AvgIpc) is 2.39. The summed E-state index contributed by atoms with van der Waals surface area (Å²) in [5.41, 5.74) is 0. The van der Waals surface area contributed by atoms with Gasteiger partial charge >= 0.3 is 0 Å². The van der Waals surface area contributed by atoms with Crippen LogP contribution < -0.4 is 0 Å². The van der Waals surface area contributed by atoms with Crippen LogP contribution >= 0.6 is 0 Å². The summed E-state index contributed by atoms with van der Waals surface area (Å²) in [6, 6.07) is 0. The third-order valence-corrected chi connectivity index (χ3v) is 4.46. The minimum absolute atomic E-state index is 0.151. The van der Waals surface area contributed by atoms with E-state index in [1.165, 1.54) is 0 Å². The summed E-state index contributed by atoms with van der Waals surface area (Å²) in [5, 5.41) is 36.4. The molecule has 0 heterocycles. The van der Waals surface area contributed by atoms with Gasteiger partial charge in [0.1, 0.15) is 26.2 Å². The van der Waals surface area contributed by atoms with Crippen LogP contribution in [0.25, 0.3) is 0 Å². The molecule has 0 fully saturated rings. The molecule has 0 atom stereocenters. The van der Waals surface area contributed by atoms with E-state index in [0.717, 1.165) is 32.4 Å². The highest BCUT2D eigenvalue weighted by atomic mass is 16.3. The second-order valence-corrected chi connectivity index (χ2v) is 6.54. The number of rotatable bonds is 14. The Kier molecular flexibility index (Phi) is 11.2. The number of unbranched alkanes of at least 4 members (excludes halogenated alkanes) is 2. The fourth-order valence-electron chi connectivity index (χ4n) is 2.80. The first-order chi connectivity index (χ1) is 9.95. The fraction of sp³-hybridized carbons (Fsp3) is 1.00. The molecule has 0 rings (SSSR count). The lowest BCUT2D eigenvalue weighted by molar-refractivity contribution is -0.912. The first-order valence-electron chi connectivity index (χ1n) is 8.06. The van der Waals surface area contributed by atoms with Crippen LogP contribution in [0, 0.1) is 0 Å². The van der Waals surface area contributed by atoms with E-state index in [4.69, 9.17) is 20.4 Å². The molecule has 21 heavy (non-hydrogen) atoms. The van der Waals surface area contributed by atoms with Crippen molar-refractivity contribution in [1.82, 2.24) is 0 Å². The van der Waals surface area contributed by atoms with E-state index in [0.29, 0.717) is 35.1 Å². The lowest BCUT2D eigenvalue weighted by Gasteiger charge is -2.34. The van der Waals surface area contributed by atoms with E-state index in [2.05, 4.69) is 14.1 Å². The fourth-order valence-corrected chi connectivity index (χ4v) is 2.80. The Labute approximate surface area is 129 Å². The smallest absolute Gasteiger partial charge is 0.102 e. The topological polar surface area (TPSA) is 80.9 Å². The van der Waals surface area contributed by atoms with Gasteiger partial charge in [-0.2, -0.15) is 0 Å². The number of nitrogens with zero attached hydrogens (tertiary/aromatic N) is 2. The van der Waals surface area contributed by atoms with Gasteiger partial charge in [0.15, 0.2) is 0 Å². The predicted octanol–water partition coefficient (Wildman–Crippen LogP) is -0.981. The van der Waals surface area contributed by atoms with Gasteiger partial charge in [-0.3, -0.25) is 0 Å². The Morgan fingerprint density at radius 2 is 0.762 bits per heavy atom. The number of aliphatic hydroxyl groups is 4. The highest BCUT2D eigenvalue weighted by Crippen LogP contribution is 2.10. The van der Waals surface area contributed by atoms with E-state index in [-0.39, 0.29) is 26.4 Å². The molecular weight excluding hydrogens is 272 g/mol. The molecule has 6 heteroatoms. The van der Waals surface area contributed by atoms with Crippen molar-refractivity contribution < 1.29 is 29.4 Å². The van der Waals surface area contributed by atoms with Crippen molar-refractivity contribution in [3.63, 3.8) is 0 Å². The highest BCUT2D eigenvalue weighted by Gasteiger charge is 2.21. The molecular formula is C15H36N2O4+2. The molecule has 128 valence electrons. The van der Waals surface area contributed by atoms with Gasteiger partial charge < -0.3 is 29.4 Å². The van der Waals surface area contributed by atoms with Gasteiger partial charge in [0, 0.05) is 0 Å². The second kappa shape index (κ2) is 11.3. The zero-order valence-corrected chi connectivity index (χ0v) is 13.9. The third-order valence-electron chi connectivity index (χ3n) is 4.46. The first-order valence-corrected chi connectivity index (χ1v) is 8.06. The molecule has 0 aromatic carbocycles. The SMILES string of the molecule is C[N+](CCO)(CCO)CCCCC[N+](C)(CCO)CCO. The Morgan fingerprint density at radius 3 is 1.00 bits per heavy atom. The van der Waals surface area contributed by atoms with Crippen molar-refractivity contribution in [2.24, 2.45) is 0 Å². The summed E-state index contributed by atoms with van der Waals surface area (Å²) in [5.74, 6) is 0. The van der Waals surface area contributed by atoms with E-state index in [1.54, 1.807) is 0 Å². The van der Waals surface area contributed by atoms with Crippen molar-refractivity contribution >= 4 is 0 Å². The standard InChI is InChI=1S/C15H36N2O4/c1-16(8-12-18,9-13-19)6-4-3-5-7-17(2,10-14-20)11-15-21/h18-21H,3-15H2,1-2H3/q+2. The minimum Gasteiger partial charge on any atom is -0.391 e. The van der Waals surface area contributed by atoms with E-state index >= 15 is 0 Å².